The van der Waals surface area contributed by atoms with Crippen LogP contribution >= 0.6 is 0 Å². The second-order valence-corrected chi connectivity index (χ2v) is 5.28. The molecular formula is C14H20N4. The number of H-pyrrole nitrogens is 1. The summed E-state index contributed by atoms with van der Waals surface area (Å²) in [5, 5.41) is 0. The van der Waals surface area contributed by atoms with Crippen molar-refractivity contribution in [2.75, 3.05) is 11.9 Å². The summed E-state index contributed by atoms with van der Waals surface area (Å²) in [4.78, 5) is 9.80. The maximum absolute atomic E-state index is 5.96. The second-order valence-electron chi connectivity index (χ2n) is 5.28. The second kappa shape index (κ2) is 4.61. The maximum atomic E-state index is 5.96. The zero-order valence-corrected chi connectivity index (χ0v) is 10.8. The van der Waals surface area contributed by atoms with Gasteiger partial charge in [0.15, 0.2) is 0 Å². The lowest BCUT2D eigenvalue weighted by atomic mass is 9.91. The first-order chi connectivity index (χ1) is 8.74. The molecule has 0 atom stereocenters. The Morgan fingerprint density at radius 2 is 2.06 bits per heavy atom. The number of anilines is 1. The third-order valence-corrected chi connectivity index (χ3v) is 4.10. The number of aromatic amines is 1. The smallest absolute Gasteiger partial charge is 0.0931 e. The van der Waals surface area contributed by atoms with Gasteiger partial charge in [0.2, 0.25) is 0 Å². The minimum absolute atomic E-state index is 0.407. The largest absolute Gasteiger partial charge is 0.372 e. The molecule has 2 aromatic rings. The van der Waals surface area contributed by atoms with Crippen LogP contribution in [0.1, 0.15) is 25.7 Å². The van der Waals surface area contributed by atoms with Gasteiger partial charge in [-0.2, -0.15) is 0 Å². The number of aromatic nitrogens is 2. The van der Waals surface area contributed by atoms with E-state index < -0.39 is 0 Å². The molecule has 0 unspecified atom stereocenters. The number of rotatable bonds is 2. The Hall–Kier alpha value is -1.55. The molecule has 3 N–H and O–H groups in total. The van der Waals surface area contributed by atoms with Crippen LogP contribution in [0.3, 0.4) is 0 Å². The van der Waals surface area contributed by atoms with Gasteiger partial charge in [0.05, 0.1) is 17.4 Å². The number of fused-ring (bicyclic) bond motifs is 1. The predicted molar refractivity (Wildman–Crippen MR) is 74.7 cm³/mol. The molecule has 1 saturated carbocycles. The highest BCUT2D eigenvalue weighted by atomic mass is 15.1. The first kappa shape index (κ1) is 11.5. The van der Waals surface area contributed by atoms with Crippen LogP contribution in [0.2, 0.25) is 0 Å². The van der Waals surface area contributed by atoms with Crippen LogP contribution in [0.4, 0.5) is 5.69 Å². The van der Waals surface area contributed by atoms with Gasteiger partial charge in [0.1, 0.15) is 0 Å². The van der Waals surface area contributed by atoms with Gasteiger partial charge in [0, 0.05) is 24.8 Å². The molecule has 0 saturated heterocycles. The Balaban J connectivity index is 1.80. The first-order valence-electron chi connectivity index (χ1n) is 6.65. The number of benzene rings is 1. The monoisotopic (exact) mass is 244 g/mol. The van der Waals surface area contributed by atoms with Crippen LogP contribution in [0.5, 0.6) is 0 Å². The van der Waals surface area contributed by atoms with Gasteiger partial charge in [-0.1, -0.05) is 0 Å². The number of nitrogens with zero attached hydrogens (tertiary/aromatic N) is 2. The summed E-state index contributed by atoms with van der Waals surface area (Å²) in [6.45, 7) is 0. The van der Waals surface area contributed by atoms with Crippen molar-refractivity contribution in [2.24, 2.45) is 5.73 Å². The van der Waals surface area contributed by atoms with Gasteiger partial charge in [0.25, 0.3) is 0 Å². The summed E-state index contributed by atoms with van der Waals surface area (Å²) >= 11 is 0. The molecule has 96 valence electrons. The van der Waals surface area contributed by atoms with Gasteiger partial charge in [-0.05, 0) is 43.9 Å². The molecule has 1 aromatic carbocycles. The van der Waals surface area contributed by atoms with E-state index in [-0.39, 0.29) is 0 Å². The molecule has 1 heterocycles. The Morgan fingerprint density at radius 3 is 2.83 bits per heavy atom. The average molecular weight is 244 g/mol. The number of nitrogens with one attached hydrogen (secondary N) is 1. The normalized spacial score (nSPS) is 24.3. The number of hydrogen-bond acceptors (Lipinski definition) is 3. The van der Waals surface area contributed by atoms with Crippen molar-refractivity contribution in [3.8, 4) is 0 Å². The van der Waals surface area contributed by atoms with Crippen molar-refractivity contribution >= 4 is 16.7 Å². The Labute approximate surface area is 107 Å². The Kier molecular flexibility index (Phi) is 2.96. The van der Waals surface area contributed by atoms with Crippen molar-refractivity contribution in [1.82, 2.24) is 9.97 Å². The van der Waals surface area contributed by atoms with E-state index in [1.165, 1.54) is 18.5 Å². The minimum Gasteiger partial charge on any atom is -0.372 e. The Morgan fingerprint density at radius 1 is 1.28 bits per heavy atom. The van der Waals surface area contributed by atoms with Gasteiger partial charge in [-0.15, -0.1) is 0 Å². The lowest BCUT2D eigenvalue weighted by Gasteiger charge is -2.35. The average Bonchev–Trinajstić information content (AvgIpc) is 2.86. The highest BCUT2D eigenvalue weighted by Gasteiger charge is 2.22. The van der Waals surface area contributed by atoms with E-state index in [4.69, 9.17) is 5.73 Å². The molecule has 1 aliphatic rings. The SMILES string of the molecule is CN(c1ccc2nc[nH]c2c1)C1CCC(N)CC1. The van der Waals surface area contributed by atoms with E-state index >= 15 is 0 Å². The number of nitrogens with two attached hydrogens (primary N) is 1. The van der Waals surface area contributed by atoms with Crippen LogP contribution < -0.4 is 10.6 Å². The van der Waals surface area contributed by atoms with Crippen molar-refractivity contribution in [3.63, 3.8) is 0 Å². The molecule has 18 heavy (non-hydrogen) atoms. The van der Waals surface area contributed by atoms with E-state index in [0.29, 0.717) is 12.1 Å². The molecule has 0 radical (unpaired) electrons. The van der Waals surface area contributed by atoms with E-state index in [2.05, 4.69) is 40.1 Å². The topological polar surface area (TPSA) is 57.9 Å². The summed E-state index contributed by atoms with van der Waals surface area (Å²) in [6, 6.07) is 7.43. The summed E-state index contributed by atoms with van der Waals surface area (Å²) in [5.41, 5.74) is 9.35. The standard InChI is InChI=1S/C14H20N4/c1-18(11-4-2-10(15)3-5-11)12-6-7-13-14(8-12)17-9-16-13/h6-11H,2-5,15H2,1H3,(H,16,17). The quantitative estimate of drug-likeness (QED) is 0.852. The zero-order valence-electron chi connectivity index (χ0n) is 10.8. The van der Waals surface area contributed by atoms with E-state index in [1.807, 2.05) is 0 Å². The summed E-state index contributed by atoms with van der Waals surface area (Å²) in [6.07, 6.45) is 6.41. The van der Waals surface area contributed by atoms with E-state index in [9.17, 15) is 0 Å². The highest BCUT2D eigenvalue weighted by molar-refractivity contribution is 5.79. The molecule has 1 aromatic heterocycles. The summed E-state index contributed by atoms with van der Waals surface area (Å²) in [7, 11) is 2.18. The molecule has 0 amide bonds. The fourth-order valence-electron chi connectivity index (χ4n) is 2.84. The van der Waals surface area contributed by atoms with Crippen LogP contribution in [0, 0.1) is 0 Å². The molecule has 1 fully saturated rings. The van der Waals surface area contributed by atoms with Gasteiger partial charge in [-0.25, -0.2) is 4.98 Å². The zero-order chi connectivity index (χ0) is 12.5. The van der Waals surface area contributed by atoms with Crippen molar-refractivity contribution in [2.45, 2.75) is 37.8 Å². The van der Waals surface area contributed by atoms with Gasteiger partial charge < -0.3 is 15.6 Å². The first-order valence-corrected chi connectivity index (χ1v) is 6.65. The summed E-state index contributed by atoms with van der Waals surface area (Å²) in [5.74, 6) is 0. The van der Waals surface area contributed by atoms with Crippen LogP contribution in [-0.2, 0) is 0 Å². The fraction of sp³-hybridized carbons (Fsp3) is 0.500. The van der Waals surface area contributed by atoms with E-state index in [1.54, 1.807) is 6.33 Å². The molecule has 3 rings (SSSR count). The van der Waals surface area contributed by atoms with Crippen molar-refractivity contribution in [1.29, 1.82) is 0 Å². The third kappa shape index (κ3) is 2.08. The molecular weight excluding hydrogens is 224 g/mol. The highest BCUT2D eigenvalue weighted by Crippen LogP contribution is 2.27. The summed E-state index contributed by atoms with van der Waals surface area (Å²) < 4.78 is 0. The molecule has 4 heteroatoms. The van der Waals surface area contributed by atoms with Crippen molar-refractivity contribution in [3.05, 3.63) is 24.5 Å². The molecule has 1 aliphatic carbocycles. The van der Waals surface area contributed by atoms with Gasteiger partial charge in [-0.3, -0.25) is 0 Å². The van der Waals surface area contributed by atoms with Crippen LogP contribution in [0.25, 0.3) is 11.0 Å². The van der Waals surface area contributed by atoms with Gasteiger partial charge >= 0.3 is 0 Å². The third-order valence-electron chi connectivity index (χ3n) is 4.10. The molecule has 0 aliphatic heterocycles. The lowest BCUT2D eigenvalue weighted by molar-refractivity contribution is 0.385. The number of imidazole rings is 1. The number of hydrogen-bond donors (Lipinski definition) is 2. The maximum Gasteiger partial charge on any atom is 0.0931 e. The van der Waals surface area contributed by atoms with Crippen LogP contribution in [-0.4, -0.2) is 29.1 Å². The van der Waals surface area contributed by atoms with Crippen LogP contribution in [0.15, 0.2) is 24.5 Å². The molecule has 0 spiro atoms. The molecule has 0 bridgehead atoms. The minimum atomic E-state index is 0.407. The predicted octanol–water partition coefficient (Wildman–Crippen LogP) is 2.27. The van der Waals surface area contributed by atoms with E-state index in [0.717, 1.165) is 23.9 Å². The lowest BCUT2D eigenvalue weighted by Crippen LogP contribution is -2.38. The van der Waals surface area contributed by atoms with Crippen molar-refractivity contribution < 1.29 is 0 Å². The molecule has 4 nitrogen and oxygen atoms in total. The Bertz CT molecular complexity index is 525. The fourth-order valence-corrected chi connectivity index (χ4v) is 2.84.